The summed E-state index contributed by atoms with van der Waals surface area (Å²) in [6.45, 7) is 2.77. The van der Waals surface area contributed by atoms with Gasteiger partial charge in [0.25, 0.3) is 5.91 Å². The van der Waals surface area contributed by atoms with Gasteiger partial charge in [-0.05, 0) is 66.1 Å². The first-order chi connectivity index (χ1) is 8.56. The molecule has 0 aromatic carbocycles. The largest absolute Gasteiger partial charge is 0.351 e. The minimum atomic E-state index is 0.0433. The molecule has 1 saturated carbocycles. The lowest BCUT2D eigenvalue weighted by molar-refractivity contribution is 0.0948. The molecule has 100 valence electrons. The smallest absolute Gasteiger partial charge is 0.261 e. The highest BCUT2D eigenvalue weighted by molar-refractivity contribution is 9.11. The summed E-state index contributed by atoms with van der Waals surface area (Å²) in [7, 11) is 0. The van der Waals surface area contributed by atoms with Gasteiger partial charge in [-0.15, -0.1) is 22.9 Å². The lowest BCUT2D eigenvalue weighted by Gasteiger charge is -2.24. The van der Waals surface area contributed by atoms with E-state index in [9.17, 15) is 4.79 Å². The third-order valence-electron chi connectivity index (χ3n) is 3.41. The van der Waals surface area contributed by atoms with E-state index in [0.717, 1.165) is 46.5 Å². The van der Waals surface area contributed by atoms with Crippen LogP contribution >= 0.6 is 38.9 Å². The van der Waals surface area contributed by atoms with Gasteiger partial charge in [0.1, 0.15) is 0 Å². The molecule has 1 heterocycles. The zero-order valence-electron chi connectivity index (χ0n) is 10.3. The Hall–Kier alpha value is -0.0600. The molecule has 2 rings (SSSR count). The van der Waals surface area contributed by atoms with Gasteiger partial charge >= 0.3 is 0 Å². The van der Waals surface area contributed by atoms with Gasteiger partial charge in [0.2, 0.25) is 0 Å². The molecule has 1 fully saturated rings. The van der Waals surface area contributed by atoms with Gasteiger partial charge in [0, 0.05) is 11.9 Å². The predicted molar refractivity (Wildman–Crippen MR) is 80.7 cm³/mol. The highest BCUT2D eigenvalue weighted by Crippen LogP contribution is 2.28. The summed E-state index contributed by atoms with van der Waals surface area (Å²) in [5.74, 6) is 0.634. The van der Waals surface area contributed by atoms with Gasteiger partial charge in [-0.1, -0.05) is 0 Å². The minimum Gasteiger partial charge on any atom is -0.351 e. The first-order valence-corrected chi connectivity index (χ1v) is 8.29. The quantitative estimate of drug-likeness (QED) is 0.807. The van der Waals surface area contributed by atoms with Crippen LogP contribution in [0.2, 0.25) is 0 Å². The van der Waals surface area contributed by atoms with Crippen LogP contribution in [-0.2, 0) is 0 Å². The van der Waals surface area contributed by atoms with Gasteiger partial charge in [-0.25, -0.2) is 0 Å². The van der Waals surface area contributed by atoms with Crippen molar-refractivity contribution in [3.63, 3.8) is 0 Å². The summed E-state index contributed by atoms with van der Waals surface area (Å²) in [6, 6.07) is 1.93. The molecule has 1 aromatic heterocycles. The Labute approximate surface area is 125 Å². The van der Waals surface area contributed by atoms with Crippen molar-refractivity contribution in [3.8, 4) is 0 Å². The van der Waals surface area contributed by atoms with Crippen molar-refractivity contribution < 1.29 is 4.79 Å². The average Bonchev–Trinajstić information content (AvgIpc) is 2.69. The average molecular weight is 351 g/mol. The van der Waals surface area contributed by atoms with Gasteiger partial charge in [0.05, 0.1) is 8.66 Å². The SMILES string of the molecule is Cc1cc(C(=O)NCC2CCC(Cl)CC2)sc1Br. The van der Waals surface area contributed by atoms with Crippen LogP contribution in [0.1, 0.15) is 40.9 Å². The summed E-state index contributed by atoms with van der Waals surface area (Å²) in [5, 5.41) is 3.37. The molecule has 1 amide bonds. The van der Waals surface area contributed by atoms with Crippen molar-refractivity contribution in [1.82, 2.24) is 5.32 Å². The Kier molecular flexibility index (Phi) is 5.10. The lowest BCUT2D eigenvalue weighted by Crippen LogP contribution is -2.31. The van der Waals surface area contributed by atoms with E-state index >= 15 is 0 Å². The summed E-state index contributed by atoms with van der Waals surface area (Å²) >= 11 is 11.0. The van der Waals surface area contributed by atoms with Gasteiger partial charge in [0.15, 0.2) is 0 Å². The molecule has 1 aromatic rings. The van der Waals surface area contributed by atoms with Gasteiger partial charge in [-0.3, -0.25) is 4.79 Å². The van der Waals surface area contributed by atoms with Crippen LogP contribution < -0.4 is 5.32 Å². The van der Waals surface area contributed by atoms with E-state index in [2.05, 4.69) is 21.2 Å². The number of aryl methyl sites for hydroxylation is 1. The molecule has 1 aliphatic carbocycles. The molecule has 0 radical (unpaired) electrons. The first kappa shape index (κ1) is 14.4. The fraction of sp³-hybridized carbons (Fsp3) is 0.615. The van der Waals surface area contributed by atoms with Crippen molar-refractivity contribution in [2.24, 2.45) is 5.92 Å². The van der Waals surface area contributed by atoms with Gasteiger partial charge < -0.3 is 5.32 Å². The number of alkyl halides is 1. The maximum atomic E-state index is 12.0. The van der Waals surface area contributed by atoms with Crippen LogP contribution in [0.5, 0.6) is 0 Å². The number of halogens is 2. The molecule has 0 bridgehead atoms. The minimum absolute atomic E-state index is 0.0433. The molecule has 0 spiro atoms. The van der Waals surface area contributed by atoms with Crippen molar-refractivity contribution >= 4 is 44.8 Å². The molecule has 0 unspecified atom stereocenters. The number of thiophene rings is 1. The van der Waals surface area contributed by atoms with Crippen molar-refractivity contribution in [2.75, 3.05) is 6.54 Å². The third-order valence-corrected chi connectivity index (χ3v) is 5.98. The second-order valence-electron chi connectivity index (χ2n) is 4.90. The number of carbonyl (C=O) groups excluding carboxylic acids is 1. The molecule has 2 nitrogen and oxygen atoms in total. The summed E-state index contributed by atoms with van der Waals surface area (Å²) in [4.78, 5) is 12.8. The number of amides is 1. The fourth-order valence-corrected chi connectivity index (χ4v) is 3.92. The van der Waals surface area contributed by atoms with Crippen molar-refractivity contribution in [3.05, 3.63) is 20.3 Å². The van der Waals surface area contributed by atoms with Crippen LogP contribution in [0.25, 0.3) is 0 Å². The lowest BCUT2D eigenvalue weighted by atomic mass is 9.89. The van der Waals surface area contributed by atoms with Crippen LogP contribution in [-0.4, -0.2) is 17.8 Å². The molecule has 0 saturated heterocycles. The molecule has 18 heavy (non-hydrogen) atoms. The Morgan fingerprint density at radius 2 is 2.17 bits per heavy atom. The molecule has 1 N–H and O–H groups in total. The van der Waals surface area contributed by atoms with E-state index in [1.165, 1.54) is 11.3 Å². The van der Waals surface area contributed by atoms with E-state index in [-0.39, 0.29) is 5.91 Å². The highest BCUT2D eigenvalue weighted by Gasteiger charge is 2.20. The van der Waals surface area contributed by atoms with Crippen molar-refractivity contribution in [1.29, 1.82) is 0 Å². The number of nitrogens with one attached hydrogen (secondary N) is 1. The summed E-state index contributed by atoms with van der Waals surface area (Å²) in [6.07, 6.45) is 4.40. The van der Waals surface area contributed by atoms with E-state index in [4.69, 9.17) is 11.6 Å². The van der Waals surface area contributed by atoms with Crippen LogP contribution in [0.4, 0.5) is 0 Å². The Bertz CT molecular complexity index is 407. The molecular formula is C13H17BrClNOS. The van der Waals surface area contributed by atoms with Crippen molar-refractivity contribution in [2.45, 2.75) is 38.0 Å². The molecule has 0 atom stereocenters. The van der Waals surface area contributed by atoms with E-state index in [0.29, 0.717) is 11.3 Å². The first-order valence-electron chi connectivity index (χ1n) is 6.24. The number of hydrogen-bond acceptors (Lipinski definition) is 2. The topological polar surface area (TPSA) is 29.1 Å². The maximum Gasteiger partial charge on any atom is 0.261 e. The third kappa shape index (κ3) is 3.72. The zero-order chi connectivity index (χ0) is 13.1. The van der Waals surface area contributed by atoms with Crippen LogP contribution in [0, 0.1) is 12.8 Å². The zero-order valence-corrected chi connectivity index (χ0v) is 13.5. The number of carbonyl (C=O) groups is 1. The van der Waals surface area contributed by atoms with Crippen LogP contribution in [0.3, 0.4) is 0 Å². The monoisotopic (exact) mass is 349 g/mol. The predicted octanol–water partition coefficient (Wildman–Crippen LogP) is 4.35. The standard InChI is InChI=1S/C13H17BrClNOS/c1-8-6-11(18-12(8)14)13(17)16-7-9-2-4-10(15)5-3-9/h6,9-10H,2-5,7H2,1H3,(H,16,17). The fourth-order valence-electron chi connectivity index (χ4n) is 2.22. The maximum absolute atomic E-state index is 12.0. The van der Waals surface area contributed by atoms with Gasteiger partial charge in [-0.2, -0.15) is 0 Å². The molecular weight excluding hydrogens is 334 g/mol. The Balaban J connectivity index is 1.81. The number of rotatable bonds is 3. The van der Waals surface area contributed by atoms with E-state index in [1.54, 1.807) is 0 Å². The molecule has 1 aliphatic rings. The highest BCUT2D eigenvalue weighted by atomic mass is 79.9. The normalized spacial score (nSPS) is 23.9. The van der Waals surface area contributed by atoms with Crippen LogP contribution in [0.15, 0.2) is 9.85 Å². The number of hydrogen-bond donors (Lipinski definition) is 1. The second-order valence-corrected chi connectivity index (χ2v) is 7.88. The Morgan fingerprint density at radius 1 is 1.50 bits per heavy atom. The van der Waals surface area contributed by atoms with E-state index < -0.39 is 0 Å². The molecule has 0 aliphatic heterocycles. The summed E-state index contributed by atoms with van der Waals surface area (Å²) in [5.41, 5.74) is 1.12. The molecule has 5 heteroatoms. The Morgan fingerprint density at radius 3 is 2.72 bits per heavy atom. The second kappa shape index (κ2) is 6.40. The van der Waals surface area contributed by atoms with E-state index in [1.807, 2.05) is 13.0 Å². The summed E-state index contributed by atoms with van der Waals surface area (Å²) < 4.78 is 1.04.